The molecule has 2 N–H and O–H groups in total. The summed E-state index contributed by atoms with van der Waals surface area (Å²) in [4.78, 5) is 42.8. The molecule has 0 spiro atoms. The number of aromatic nitrogens is 2. The Kier molecular flexibility index (Phi) is 8.35. The van der Waals surface area contributed by atoms with Crippen molar-refractivity contribution in [2.45, 2.75) is 32.2 Å². The molecule has 8 nitrogen and oxygen atoms in total. The fourth-order valence-corrected chi connectivity index (χ4v) is 5.23. The highest BCUT2D eigenvalue weighted by Gasteiger charge is 2.23. The predicted molar refractivity (Wildman–Crippen MR) is 157 cm³/mol. The number of methoxy groups -OCH3 is 1. The van der Waals surface area contributed by atoms with Crippen LogP contribution in [0.1, 0.15) is 37.9 Å². The third-order valence-corrected chi connectivity index (χ3v) is 7.61. The molecule has 2 aromatic heterocycles. The highest BCUT2D eigenvalue weighted by Crippen LogP contribution is 2.35. The van der Waals surface area contributed by atoms with Crippen LogP contribution < -0.4 is 16.2 Å². The molecule has 0 radical (unpaired) electrons. The Morgan fingerprint density at radius 3 is 2.64 bits per heavy atom. The maximum atomic E-state index is 14.7. The summed E-state index contributed by atoms with van der Waals surface area (Å²) in [7, 11) is 1.26. The second-order valence-electron chi connectivity index (χ2n) is 10.1. The Bertz CT molecular complexity index is 1740. The second-order valence-corrected chi connectivity index (χ2v) is 10.5. The Morgan fingerprint density at radius 2 is 1.88 bits per heavy atom. The van der Waals surface area contributed by atoms with Crippen LogP contribution in [0.2, 0.25) is 5.02 Å². The number of rotatable bonds is 3. The van der Waals surface area contributed by atoms with Crippen LogP contribution in [-0.2, 0) is 9.53 Å². The van der Waals surface area contributed by atoms with Crippen LogP contribution in [0.25, 0.3) is 22.3 Å². The Balaban J connectivity index is 1.59. The summed E-state index contributed by atoms with van der Waals surface area (Å²) in [5.41, 5.74) is 2.16. The first-order chi connectivity index (χ1) is 20.2. The molecule has 2 bridgehead atoms. The van der Waals surface area contributed by atoms with Crippen LogP contribution in [0.4, 0.5) is 25.0 Å². The lowest BCUT2D eigenvalue weighted by Crippen LogP contribution is -2.26. The Hall–Kier alpha value is -4.57. The maximum Gasteiger partial charge on any atom is 0.411 e. The molecule has 0 unspecified atom stereocenters. The molecule has 42 heavy (non-hydrogen) atoms. The number of pyridine rings is 2. The van der Waals surface area contributed by atoms with Crippen LogP contribution in [0.3, 0.4) is 0 Å². The van der Waals surface area contributed by atoms with E-state index in [1.165, 1.54) is 30.0 Å². The number of ether oxygens (including phenoxy) is 1. The van der Waals surface area contributed by atoms with Crippen molar-refractivity contribution < 1.29 is 23.1 Å². The lowest BCUT2D eigenvalue weighted by Gasteiger charge is -2.23. The second kappa shape index (κ2) is 12.1. The van der Waals surface area contributed by atoms with Crippen molar-refractivity contribution in [2.75, 3.05) is 17.7 Å². The van der Waals surface area contributed by atoms with Gasteiger partial charge in [-0.3, -0.25) is 19.9 Å². The van der Waals surface area contributed by atoms with Crippen molar-refractivity contribution in [3.8, 4) is 22.3 Å². The Labute approximate surface area is 245 Å². The monoisotopic (exact) mass is 592 g/mol. The van der Waals surface area contributed by atoms with Gasteiger partial charge in [0.15, 0.2) is 5.82 Å². The minimum absolute atomic E-state index is 0.0687. The van der Waals surface area contributed by atoms with Gasteiger partial charge in [0.2, 0.25) is 5.91 Å². The van der Waals surface area contributed by atoms with E-state index in [0.29, 0.717) is 41.9 Å². The van der Waals surface area contributed by atoms with Gasteiger partial charge in [-0.2, -0.15) is 0 Å². The molecule has 0 saturated heterocycles. The number of halogens is 3. The van der Waals surface area contributed by atoms with Gasteiger partial charge in [0.25, 0.3) is 5.56 Å². The van der Waals surface area contributed by atoms with Crippen molar-refractivity contribution in [3.05, 3.63) is 99.7 Å². The van der Waals surface area contributed by atoms with Crippen molar-refractivity contribution in [1.29, 1.82) is 0 Å². The molecule has 1 aliphatic rings. The molecule has 5 rings (SSSR count). The summed E-state index contributed by atoms with van der Waals surface area (Å²) in [6.07, 6.45) is 4.08. The highest BCUT2D eigenvalue weighted by molar-refractivity contribution is 6.31. The normalized spacial score (nSPS) is 16.8. The first kappa shape index (κ1) is 28.9. The lowest BCUT2D eigenvalue weighted by molar-refractivity contribution is -0.119. The molecule has 1 aliphatic heterocycles. The molecular formula is C31H27ClF2N4O4. The van der Waals surface area contributed by atoms with Crippen molar-refractivity contribution in [2.24, 2.45) is 5.92 Å². The third-order valence-electron chi connectivity index (χ3n) is 7.32. The number of amides is 2. The summed E-state index contributed by atoms with van der Waals surface area (Å²) in [5, 5.41) is 5.34. The number of fused-ring (bicyclic) bond motifs is 4. The number of anilines is 2. The van der Waals surface area contributed by atoms with E-state index in [1.54, 1.807) is 30.5 Å². The minimum atomic E-state index is -0.940. The molecule has 11 heteroatoms. The molecule has 0 saturated carbocycles. The summed E-state index contributed by atoms with van der Waals surface area (Å²) in [6.45, 7) is 1.82. The summed E-state index contributed by atoms with van der Waals surface area (Å²) < 4.78 is 35.4. The van der Waals surface area contributed by atoms with Crippen molar-refractivity contribution in [1.82, 2.24) is 9.55 Å². The quantitative estimate of drug-likeness (QED) is 0.249. The number of carbonyl (C=O) groups is 2. The summed E-state index contributed by atoms with van der Waals surface area (Å²) >= 11 is 5.86. The van der Waals surface area contributed by atoms with Gasteiger partial charge in [-0.05, 0) is 66.4 Å². The molecule has 2 atom stereocenters. The van der Waals surface area contributed by atoms with Crippen LogP contribution in [0.5, 0.6) is 0 Å². The topological polar surface area (TPSA) is 102 Å². The fourth-order valence-electron chi connectivity index (χ4n) is 5.07. The first-order valence-electron chi connectivity index (χ1n) is 13.3. The molecule has 0 aliphatic carbocycles. The van der Waals surface area contributed by atoms with Crippen molar-refractivity contribution in [3.63, 3.8) is 0 Å². The van der Waals surface area contributed by atoms with Gasteiger partial charge in [-0.15, -0.1) is 0 Å². The minimum Gasteiger partial charge on any atom is -0.453 e. The van der Waals surface area contributed by atoms with Gasteiger partial charge in [-0.25, -0.2) is 13.6 Å². The SMILES string of the molecule is COC(=O)Nc1ccc2c(c1)NC(=O)[C@H](C)CCC[C@H](n1ccc(-c3c(F)ccc(Cl)c3F)cc1=O)c1cc-2ccn1. The number of nitrogens with zero attached hydrogens (tertiary/aromatic N) is 2. The van der Waals surface area contributed by atoms with E-state index in [1.807, 2.05) is 13.0 Å². The van der Waals surface area contributed by atoms with E-state index in [-0.39, 0.29) is 28.0 Å². The van der Waals surface area contributed by atoms with Gasteiger partial charge in [0, 0.05) is 35.6 Å². The fraction of sp³-hybridized carbons (Fsp3) is 0.226. The van der Waals surface area contributed by atoms with E-state index in [9.17, 15) is 23.2 Å². The number of hydrogen-bond acceptors (Lipinski definition) is 5. The molecule has 2 aromatic carbocycles. The van der Waals surface area contributed by atoms with E-state index in [0.717, 1.165) is 17.7 Å². The largest absolute Gasteiger partial charge is 0.453 e. The average molecular weight is 593 g/mol. The molecule has 4 aromatic rings. The lowest BCUT2D eigenvalue weighted by atomic mass is 9.95. The zero-order chi connectivity index (χ0) is 30.0. The Morgan fingerprint density at radius 1 is 1.07 bits per heavy atom. The van der Waals surface area contributed by atoms with E-state index < -0.39 is 29.3 Å². The van der Waals surface area contributed by atoms with Gasteiger partial charge >= 0.3 is 6.09 Å². The van der Waals surface area contributed by atoms with E-state index in [2.05, 4.69) is 20.4 Å². The predicted octanol–water partition coefficient (Wildman–Crippen LogP) is 7.04. The average Bonchev–Trinajstić information content (AvgIpc) is 2.97. The van der Waals surface area contributed by atoms with Crippen LogP contribution in [0, 0.1) is 17.6 Å². The number of benzene rings is 2. The first-order valence-corrected chi connectivity index (χ1v) is 13.7. The van der Waals surface area contributed by atoms with E-state index >= 15 is 0 Å². The number of hydrogen-bond donors (Lipinski definition) is 2. The molecule has 2 amide bonds. The number of nitrogens with one attached hydrogen (secondary N) is 2. The summed E-state index contributed by atoms with van der Waals surface area (Å²) in [5.74, 6) is -2.31. The zero-order valence-corrected chi connectivity index (χ0v) is 23.5. The molecule has 0 fully saturated rings. The maximum absolute atomic E-state index is 14.7. The standard InChI is InChI=1S/C31H27ClF2N4O4/c1-17-4-3-5-26(38-13-11-19(15-27(38)39)28-23(33)9-8-22(32)29(28)34)25-14-18(10-12-35-25)21-7-6-20(36-31(41)42-2)16-24(21)37-30(17)40/h6-17,26H,3-5H2,1-2H3,(H,36,41)(H,37,40)/t17-,26+/m1/s1. The van der Waals surface area contributed by atoms with Gasteiger partial charge < -0.3 is 14.6 Å². The van der Waals surface area contributed by atoms with Crippen molar-refractivity contribution >= 4 is 35.0 Å². The summed E-state index contributed by atoms with van der Waals surface area (Å²) in [6, 6.07) is 13.0. The highest BCUT2D eigenvalue weighted by atomic mass is 35.5. The third kappa shape index (κ3) is 5.89. The van der Waals surface area contributed by atoms with E-state index in [4.69, 9.17) is 11.6 Å². The smallest absolute Gasteiger partial charge is 0.411 e. The molecule has 3 heterocycles. The van der Waals surface area contributed by atoms with Crippen LogP contribution in [-0.4, -0.2) is 28.7 Å². The zero-order valence-electron chi connectivity index (χ0n) is 22.8. The van der Waals surface area contributed by atoms with Crippen LogP contribution in [0.15, 0.2) is 71.8 Å². The number of carbonyl (C=O) groups excluding carboxylic acids is 2. The van der Waals surface area contributed by atoms with Gasteiger partial charge in [-0.1, -0.05) is 31.0 Å². The molecule has 216 valence electrons. The van der Waals surface area contributed by atoms with Gasteiger partial charge in [0.1, 0.15) is 5.82 Å². The van der Waals surface area contributed by atoms with Gasteiger partial charge in [0.05, 0.1) is 35.1 Å². The molecular weight excluding hydrogens is 566 g/mol. The van der Waals surface area contributed by atoms with Crippen LogP contribution >= 0.6 is 11.6 Å².